The molecule has 2 heterocycles. The Labute approximate surface area is 390 Å². The maximum atomic E-state index is 5.23. The molecule has 0 aliphatic carbocycles. The molecule has 0 bridgehead atoms. The topological polar surface area (TPSA) is 38.7 Å². The molecule has 0 saturated heterocycles. The molecule has 14 aromatic rings. The molecule has 0 aliphatic heterocycles. The van der Waals surface area contributed by atoms with Gasteiger partial charge in [0, 0.05) is 26.3 Å². The molecule has 0 atom stereocenters. The Morgan fingerprint density at radius 3 is 1.34 bits per heavy atom. The van der Waals surface area contributed by atoms with E-state index in [1.807, 2.05) is 18.2 Å². The SMILES string of the molecule is c1ccc(-c2nc(-c3cccc(-c4cc5ccccc5s4)c3)nc(-c3cccc(-c4ccccc4-c4cc5ccc6cccc7c8cccc9ccc%10cccc(c(c4)c5c67)c%10c98)c3)n2)cc1. The van der Waals surface area contributed by atoms with Crippen molar-refractivity contribution >= 4 is 86.1 Å². The first-order valence-electron chi connectivity index (χ1n) is 22.7. The third kappa shape index (κ3) is 6.15. The fourth-order valence-electron chi connectivity index (χ4n) is 10.5. The molecular weight excluding hydrogens is 831 g/mol. The predicted molar refractivity (Wildman–Crippen MR) is 284 cm³/mol. The van der Waals surface area contributed by atoms with Crippen LogP contribution in [0.1, 0.15) is 0 Å². The van der Waals surface area contributed by atoms with Crippen LogP contribution in [0.15, 0.2) is 224 Å². The lowest BCUT2D eigenvalue weighted by Gasteiger charge is -2.18. The van der Waals surface area contributed by atoms with E-state index in [1.54, 1.807) is 11.3 Å². The molecule has 0 unspecified atom stereocenters. The van der Waals surface area contributed by atoms with E-state index >= 15 is 0 Å². The van der Waals surface area contributed by atoms with Crippen LogP contribution >= 0.6 is 11.3 Å². The van der Waals surface area contributed by atoms with Gasteiger partial charge >= 0.3 is 0 Å². The second-order valence-corrected chi connectivity index (χ2v) is 18.6. The van der Waals surface area contributed by atoms with Crippen molar-refractivity contribution in [1.29, 1.82) is 0 Å². The van der Waals surface area contributed by atoms with Crippen molar-refractivity contribution in [2.24, 2.45) is 0 Å². The zero-order valence-corrected chi connectivity index (χ0v) is 36.9. The number of aromatic nitrogens is 3. The second-order valence-electron chi connectivity index (χ2n) is 17.5. The van der Waals surface area contributed by atoms with Crippen molar-refractivity contribution in [2.75, 3.05) is 0 Å². The number of nitrogens with zero attached hydrogens (tertiary/aromatic N) is 3. The van der Waals surface area contributed by atoms with Gasteiger partial charge in [-0.15, -0.1) is 11.3 Å². The van der Waals surface area contributed by atoms with Crippen molar-refractivity contribution in [3.8, 4) is 66.9 Å². The molecule has 0 spiro atoms. The highest BCUT2D eigenvalue weighted by Crippen LogP contribution is 2.46. The molecule has 0 aliphatic rings. The first kappa shape index (κ1) is 37.8. The van der Waals surface area contributed by atoms with E-state index in [1.165, 1.54) is 90.7 Å². The number of hydrogen-bond acceptors (Lipinski definition) is 4. The van der Waals surface area contributed by atoms with Gasteiger partial charge in [0.15, 0.2) is 17.5 Å². The maximum Gasteiger partial charge on any atom is 0.164 e. The Hall–Kier alpha value is -8.57. The average molecular weight is 868 g/mol. The Morgan fingerprint density at radius 1 is 0.254 bits per heavy atom. The normalized spacial score (nSPS) is 11.9. The van der Waals surface area contributed by atoms with Crippen LogP contribution in [0.3, 0.4) is 0 Å². The van der Waals surface area contributed by atoms with Crippen molar-refractivity contribution in [3.63, 3.8) is 0 Å². The zero-order chi connectivity index (χ0) is 44.0. The minimum absolute atomic E-state index is 0.628. The van der Waals surface area contributed by atoms with Crippen molar-refractivity contribution < 1.29 is 0 Å². The monoisotopic (exact) mass is 867 g/mol. The van der Waals surface area contributed by atoms with Gasteiger partial charge in [0.25, 0.3) is 0 Å². The van der Waals surface area contributed by atoms with E-state index in [2.05, 4.69) is 206 Å². The number of thiophene rings is 1. The van der Waals surface area contributed by atoms with Crippen LogP contribution in [0.4, 0.5) is 0 Å². The second kappa shape index (κ2) is 15.0. The number of benzene rings is 11. The van der Waals surface area contributed by atoms with Crippen molar-refractivity contribution in [2.45, 2.75) is 0 Å². The molecule has 14 rings (SSSR count). The van der Waals surface area contributed by atoms with Crippen LogP contribution in [-0.2, 0) is 0 Å². The summed E-state index contributed by atoms with van der Waals surface area (Å²) in [5.74, 6) is 1.90. The van der Waals surface area contributed by atoms with Crippen LogP contribution in [0.25, 0.3) is 142 Å². The average Bonchev–Trinajstić information content (AvgIpc) is 3.84. The third-order valence-electron chi connectivity index (χ3n) is 13.6. The molecule has 2 aromatic heterocycles. The highest BCUT2D eigenvalue weighted by Gasteiger charge is 2.19. The van der Waals surface area contributed by atoms with E-state index in [4.69, 9.17) is 15.0 Å². The predicted octanol–water partition coefficient (Wildman–Crippen LogP) is 17.4. The number of fused-ring (bicyclic) bond motifs is 3. The smallest absolute Gasteiger partial charge is 0.164 e. The minimum Gasteiger partial charge on any atom is -0.208 e. The van der Waals surface area contributed by atoms with Crippen LogP contribution in [0.5, 0.6) is 0 Å². The summed E-state index contributed by atoms with van der Waals surface area (Å²) in [6.45, 7) is 0. The maximum absolute atomic E-state index is 5.23. The van der Waals surface area contributed by atoms with E-state index < -0.39 is 0 Å². The summed E-state index contributed by atoms with van der Waals surface area (Å²) in [6, 6.07) is 81.4. The van der Waals surface area contributed by atoms with Crippen LogP contribution in [0.2, 0.25) is 0 Å². The Balaban J connectivity index is 0.947. The molecule has 0 radical (unpaired) electrons. The van der Waals surface area contributed by atoms with Gasteiger partial charge in [0.1, 0.15) is 0 Å². The number of hydrogen-bond donors (Lipinski definition) is 0. The fraction of sp³-hybridized carbons (Fsp3) is 0. The lowest BCUT2D eigenvalue weighted by atomic mass is 9.85. The lowest BCUT2D eigenvalue weighted by molar-refractivity contribution is 1.07. The van der Waals surface area contributed by atoms with Crippen LogP contribution in [0, 0.1) is 0 Å². The van der Waals surface area contributed by atoms with E-state index in [-0.39, 0.29) is 0 Å². The van der Waals surface area contributed by atoms with Gasteiger partial charge in [-0.2, -0.15) is 0 Å². The molecular formula is C63H37N3S. The Kier molecular flexibility index (Phi) is 8.45. The Bertz CT molecular complexity index is 4240. The fourth-order valence-corrected chi connectivity index (χ4v) is 11.6. The molecule has 0 fully saturated rings. The summed E-state index contributed by atoms with van der Waals surface area (Å²) in [7, 11) is 0. The van der Waals surface area contributed by atoms with E-state index in [0.29, 0.717) is 17.5 Å². The standard InChI is InChI=1S/C63H37N3S/c1-2-13-41(14-3-1)61-64-62(66-63(65-61)47-22-9-20-43(34-47)56-37-44-15-4-7-28-55(44)67-56)46-21-8-19-42(33-46)49-23-5-6-24-50(49)48-35-45-32-31-40-17-11-26-52-51-25-10-16-38-29-30-39-18-12-27-53(59(39)57(38)51)54(36-48)60(45)58(40)52/h1-37H. The van der Waals surface area contributed by atoms with E-state index in [9.17, 15) is 0 Å². The summed E-state index contributed by atoms with van der Waals surface area (Å²) in [4.78, 5) is 16.7. The van der Waals surface area contributed by atoms with Crippen LogP contribution in [-0.4, -0.2) is 15.0 Å². The van der Waals surface area contributed by atoms with Crippen LogP contribution < -0.4 is 0 Å². The molecule has 310 valence electrons. The molecule has 0 N–H and O–H groups in total. The summed E-state index contributed by atoms with van der Waals surface area (Å²) >= 11 is 1.80. The zero-order valence-electron chi connectivity index (χ0n) is 36.1. The summed E-state index contributed by atoms with van der Waals surface area (Å²) in [6.07, 6.45) is 0. The summed E-state index contributed by atoms with van der Waals surface area (Å²) < 4.78 is 1.27. The third-order valence-corrected chi connectivity index (χ3v) is 14.8. The Morgan fingerprint density at radius 2 is 0.701 bits per heavy atom. The molecule has 0 saturated carbocycles. The molecule has 0 amide bonds. The van der Waals surface area contributed by atoms with E-state index in [0.717, 1.165) is 33.4 Å². The van der Waals surface area contributed by atoms with Gasteiger partial charge in [-0.3, -0.25) is 0 Å². The molecule has 4 heteroatoms. The van der Waals surface area contributed by atoms with Gasteiger partial charge in [-0.05, 0) is 134 Å². The van der Waals surface area contributed by atoms with Gasteiger partial charge < -0.3 is 0 Å². The minimum atomic E-state index is 0.628. The molecule has 67 heavy (non-hydrogen) atoms. The highest BCUT2D eigenvalue weighted by atomic mass is 32.1. The summed E-state index contributed by atoms with van der Waals surface area (Å²) in [5.41, 5.74) is 8.52. The van der Waals surface area contributed by atoms with Gasteiger partial charge in [-0.25, -0.2) is 15.0 Å². The summed E-state index contributed by atoms with van der Waals surface area (Å²) in [5, 5.41) is 16.5. The lowest BCUT2D eigenvalue weighted by Crippen LogP contribution is -2.00. The van der Waals surface area contributed by atoms with Gasteiger partial charge in [0.2, 0.25) is 0 Å². The van der Waals surface area contributed by atoms with Crippen molar-refractivity contribution in [1.82, 2.24) is 15.0 Å². The quantitative estimate of drug-likeness (QED) is 0.156. The molecule has 12 aromatic carbocycles. The molecule has 3 nitrogen and oxygen atoms in total. The van der Waals surface area contributed by atoms with Crippen molar-refractivity contribution in [3.05, 3.63) is 224 Å². The first-order chi connectivity index (χ1) is 33.2. The van der Waals surface area contributed by atoms with Gasteiger partial charge in [-0.1, -0.05) is 188 Å². The first-order valence-corrected chi connectivity index (χ1v) is 23.6. The highest BCUT2D eigenvalue weighted by molar-refractivity contribution is 7.22. The number of rotatable bonds is 6. The van der Waals surface area contributed by atoms with Gasteiger partial charge in [0.05, 0.1) is 0 Å². The largest absolute Gasteiger partial charge is 0.208 e.